The fourth-order valence-corrected chi connectivity index (χ4v) is 2.26. The monoisotopic (exact) mass is 206 g/mol. The van der Waals surface area contributed by atoms with Gasteiger partial charge in [-0.3, -0.25) is 4.79 Å². The van der Waals surface area contributed by atoms with E-state index in [-0.39, 0.29) is 17.3 Å². The van der Waals surface area contributed by atoms with Gasteiger partial charge in [0.2, 0.25) is 0 Å². The summed E-state index contributed by atoms with van der Waals surface area (Å²) in [6, 6.07) is 1.58. The number of carbonyl (C=O) groups is 1. The molecule has 3 nitrogen and oxygen atoms in total. The summed E-state index contributed by atoms with van der Waals surface area (Å²) < 4.78 is 0. The highest BCUT2D eigenvalue weighted by Gasteiger charge is 2.22. The lowest BCUT2D eigenvalue weighted by Crippen LogP contribution is -2.09. The van der Waals surface area contributed by atoms with Crippen LogP contribution < -0.4 is 0 Å². The van der Waals surface area contributed by atoms with Gasteiger partial charge >= 0.3 is 0 Å². The molecule has 0 radical (unpaired) electrons. The third kappa shape index (κ3) is 1.58. The predicted octanol–water partition coefficient (Wildman–Crippen LogP) is 2.18. The number of fused-ring (bicyclic) bond motifs is 1. The maximum absolute atomic E-state index is 11.4. The Morgan fingerprint density at radius 2 is 1.93 bits per heavy atom. The van der Waals surface area contributed by atoms with Crippen LogP contribution in [0.2, 0.25) is 0 Å². The number of hydrogen-bond donors (Lipinski definition) is 2. The predicted molar refractivity (Wildman–Crippen MR) is 56.4 cm³/mol. The lowest BCUT2D eigenvalue weighted by atomic mass is 9.86. The first kappa shape index (κ1) is 10.0. The van der Waals surface area contributed by atoms with E-state index in [9.17, 15) is 15.0 Å². The van der Waals surface area contributed by atoms with Crippen LogP contribution in [0.4, 0.5) is 0 Å². The number of phenolic OH excluding ortho intramolecular Hbond substituents is 2. The highest BCUT2D eigenvalue weighted by molar-refractivity contribution is 5.99. The van der Waals surface area contributed by atoms with Crippen LogP contribution in [0.1, 0.15) is 41.3 Å². The van der Waals surface area contributed by atoms with Crippen molar-refractivity contribution in [2.24, 2.45) is 0 Å². The number of carbonyl (C=O) groups excluding carboxylic acids is 1. The molecule has 0 spiro atoms. The molecule has 15 heavy (non-hydrogen) atoms. The zero-order valence-corrected chi connectivity index (χ0v) is 8.71. The first-order valence-electron chi connectivity index (χ1n) is 5.19. The average Bonchev–Trinajstić information content (AvgIpc) is 2.19. The van der Waals surface area contributed by atoms with Crippen LogP contribution in [0.3, 0.4) is 0 Å². The minimum absolute atomic E-state index is 0.179. The highest BCUT2D eigenvalue weighted by Crippen LogP contribution is 2.37. The maximum Gasteiger partial charge on any atom is 0.168 e. The van der Waals surface area contributed by atoms with E-state index in [1.54, 1.807) is 6.07 Å². The zero-order chi connectivity index (χ0) is 11.0. The second-order valence-corrected chi connectivity index (χ2v) is 4.02. The average molecular weight is 206 g/mol. The molecule has 0 unspecified atom stereocenters. The Morgan fingerprint density at radius 3 is 2.60 bits per heavy atom. The molecule has 2 rings (SSSR count). The van der Waals surface area contributed by atoms with Crippen molar-refractivity contribution < 1.29 is 15.0 Å². The van der Waals surface area contributed by atoms with Gasteiger partial charge in [0.15, 0.2) is 17.3 Å². The summed E-state index contributed by atoms with van der Waals surface area (Å²) in [5.41, 5.74) is 2.23. The van der Waals surface area contributed by atoms with Crippen molar-refractivity contribution in [1.82, 2.24) is 0 Å². The third-order valence-corrected chi connectivity index (χ3v) is 2.95. The van der Waals surface area contributed by atoms with Crippen LogP contribution in [0.25, 0.3) is 0 Å². The van der Waals surface area contributed by atoms with Gasteiger partial charge in [-0.05, 0) is 49.8 Å². The second-order valence-electron chi connectivity index (χ2n) is 4.02. The van der Waals surface area contributed by atoms with Crippen LogP contribution in [0.15, 0.2) is 6.07 Å². The van der Waals surface area contributed by atoms with Gasteiger partial charge in [0.05, 0.1) is 5.56 Å². The molecule has 0 saturated heterocycles. The fraction of sp³-hybridized carbons (Fsp3) is 0.417. The molecule has 0 amide bonds. The number of hydrogen-bond acceptors (Lipinski definition) is 3. The number of aromatic hydroxyl groups is 2. The number of phenols is 2. The summed E-state index contributed by atoms with van der Waals surface area (Å²) in [4.78, 5) is 11.4. The van der Waals surface area contributed by atoms with Gasteiger partial charge in [-0.25, -0.2) is 0 Å². The molecule has 80 valence electrons. The van der Waals surface area contributed by atoms with E-state index >= 15 is 0 Å². The van der Waals surface area contributed by atoms with Crippen LogP contribution in [-0.4, -0.2) is 16.0 Å². The van der Waals surface area contributed by atoms with Gasteiger partial charge in [0.25, 0.3) is 0 Å². The summed E-state index contributed by atoms with van der Waals surface area (Å²) in [7, 11) is 0. The van der Waals surface area contributed by atoms with E-state index in [2.05, 4.69) is 0 Å². The summed E-state index contributed by atoms with van der Waals surface area (Å²) >= 11 is 0. The largest absolute Gasteiger partial charge is 0.504 e. The van der Waals surface area contributed by atoms with Crippen molar-refractivity contribution in [2.75, 3.05) is 0 Å². The topological polar surface area (TPSA) is 57.5 Å². The quantitative estimate of drug-likeness (QED) is 0.547. The Morgan fingerprint density at radius 1 is 1.27 bits per heavy atom. The van der Waals surface area contributed by atoms with Crippen molar-refractivity contribution in [2.45, 2.75) is 32.6 Å². The lowest BCUT2D eigenvalue weighted by Gasteiger charge is -2.19. The zero-order valence-electron chi connectivity index (χ0n) is 8.71. The molecule has 1 aromatic rings. The molecule has 0 aromatic heterocycles. The molecular formula is C12H14O3. The van der Waals surface area contributed by atoms with Crippen molar-refractivity contribution >= 4 is 5.78 Å². The van der Waals surface area contributed by atoms with E-state index in [0.29, 0.717) is 5.56 Å². The molecule has 0 saturated carbocycles. The summed E-state index contributed by atoms with van der Waals surface area (Å²) in [6.45, 7) is 1.42. The SMILES string of the molecule is CC(=O)c1c(O)c(O)cc2c1CCCC2. The van der Waals surface area contributed by atoms with E-state index in [0.717, 1.165) is 36.8 Å². The van der Waals surface area contributed by atoms with Crippen molar-refractivity contribution in [3.05, 3.63) is 22.8 Å². The standard InChI is InChI=1S/C12H14O3/c1-7(13)11-9-5-3-2-4-8(9)6-10(14)12(11)15/h6,14-15H,2-5H2,1H3. The van der Waals surface area contributed by atoms with Gasteiger partial charge in [-0.2, -0.15) is 0 Å². The number of aryl methyl sites for hydroxylation is 1. The molecule has 3 heteroatoms. The first-order valence-corrected chi connectivity index (χ1v) is 5.19. The van der Waals surface area contributed by atoms with Gasteiger partial charge in [0.1, 0.15) is 0 Å². The van der Waals surface area contributed by atoms with Gasteiger partial charge in [-0.1, -0.05) is 0 Å². The Hall–Kier alpha value is -1.51. The maximum atomic E-state index is 11.4. The van der Waals surface area contributed by atoms with Gasteiger partial charge < -0.3 is 10.2 Å². The van der Waals surface area contributed by atoms with Gasteiger partial charge in [0, 0.05) is 0 Å². The molecule has 1 aromatic carbocycles. The molecular weight excluding hydrogens is 192 g/mol. The van der Waals surface area contributed by atoms with E-state index in [4.69, 9.17) is 0 Å². The summed E-state index contributed by atoms with van der Waals surface area (Å²) in [5.74, 6) is -0.620. The van der Waals surface area contributed by atoms with E-state index in [1.165, 1.54) is 6.92 Å². The van der Waals surface area contributed by atoms with Crippen LogP contribution in [0, 0.1) is 0 Å². The normalized spacial score (nSPS) is 14.7. The fourth-order valence-electron chi connectivity index (χ4n) is 2.26. The van der Waals surface area contributed by atoms with Crippen molar-refractivity contribution in [1.29, 1.82) is 0 Å². The number of rotatable bonds is 1. The minimum atomic E-state index is -0.261. The number of ketones is 1. The van der Waals surface area contributed by atoms with Gasteiger partial charge in [-0.15, -0.1) is 0 Å². The Balaban J connectivity index is 2.68. The minimum Gasteiger partial charge on any atom is -0.504 e. The molecule has 0 heterocycles. The van der Waals surface area contributed by atoms with Crippen molar-refractivity contribution in [3.8, 4) is 11.5 Å². The van der Waals surface area contributed by atoms with Crippen LogP contribution >= 0.6 is 0 Å². The number of benzene rings is 1. The molecule has 1 aliphatic rings. The molecule has 0 aliphatic heterocycles. The smallest absolute Gasteiger partial charge is 0.168 e. The lowest BCUT2D eigenvalue weighted by molar-refractivity contribution is 0.101. The molecule has 1 aliphatic carbocycles. The Bertz CT molecular complexity index is 421. The summed E-state index contributed by atoms with van der Waals surface area (Å²) in [6.07, 6.45) is 3.81. The molecule has 0 atom stereocenters. The first-order chi connectivity index (χ1) is 7.11. The van der Waals surface area contributed by atoms with Crippen LogP contribution in [-0.2, 0) is 12.8 Å². The molecule has 2 N–H and O–H groups in total. The molecule has 0 fully saturated rings. The molecule has 0 bridgehead atoms. The number of Topliss-reactive ketones (excluding diaryl/α,β-unsaturated/α-hetero) is 1. The van der Waals surface area contributed by atoms with E-state index < -0.39 is 0 Å². The van der Waals surface area contributed by atoms with E-state index in [1.807, 2.05) is 0 Å². The second kappa shape index (κ2) is 3.57. The summed E-state index contributed by atoms with van der Waals surface area (Å²) in [5, 5.41) is 19.2. The Labute approximate surface area is 88.4 Å². The highest BCUT2D eigenvalue weighted by atomic mass is 16.3. The van der Waals surface area contributed by atoms with Crippen molar-refractivity contribution in [3.63, 3.8) is 0 Å². The van der Waals surface area contributed by atoms with Crippen LogP contribution in [0.5, 0.6) is 11.5 Å². The Kier molecular flexibility index (Phi) is 2.39. The third-order valence-electron chi connectivity index (χ3n) is 2.95.